The molecule has 1 saturated heterocycles. The molecule has 0 spiro atoms. The lowest BCUT2D eigenvalue weighted by Gasteiger charge is -2.24. The SMILES string of the molecule is Cl.NCCCN(Cc1ccccc1)C(=O)c1cccc(N2CCCS2(=O)=O)c1. The van der Waals surface area contributed by atoms with E-state index in [4.69, 9.17) is 5.73 Å². The summed E-state index contributed by atoms with van der Waals surface area (Å²) in [4.78, 5) is 14.9. The summed E-state index contributed by atoms with van der Waals surface area (Å²) in [6.07, 6.45) is 1.32. The summed E-state index contributed by atoms with van der Waals surface area (Å²) in [6.45, 7) is 2.01. The number of carbonyl (C=O) groups is 1. The number of anilines is 1. The van der Waals surface area contributed by atoms with Crippen molar-refractivity contribution in [3.8, 4) is 0 Å². The smallest absolute Gasteiger partial charge is 0.254 e. The molecule has 1 aliphatic rings. The van der Waals surface area contributed by atoms with Gasteiger partial charge in [0.05, 0.1) is 11.4 Å². The summed E-state index contributed by atoms with van der Waals surface area (Å²) < 4.78 is 25.7. The first kappa shape index (κ1) is 22.2. The third kappa shape index (κ3) is 5.25. The van der Waals surface area contributed by atoms with Gasteiger partial charge in [-0.1, -0.05) is 36.4 Å². The van der Waals surface area contributed by atoms with E-state index in [1.165, 1.54) is 4.31 Å². The Labute approximate surface area is 172 Å². The van der Waals surface area contributed by atoms with Gasteiger partial charge < -0.3 is 10.6 Å². The van der Waals surface area contributed by atoms with Crippen LogP contribution in [0.15, 0.2) is 54.6 Å². The van der Waals surface area contributed by atoms with Crippen molar-refractivity contribution in [1.82, 2.24) is 4.90 Å². The molecule has 0 bridgehead atoms. The molecule has 0 saturated carbocycles. The fourth-order valence-electron chi connectivity index (χ4n) is 3.24. The number of hydrogen-bond acceptors (Lipinski definition) is 4. The monoisotopic (exact) mass is 423 g/mol. The van der Waals surface area contributed by atoms with Crippen LogP contribution >= 0.6 is 12.4 Å². The van der Waals surface area contributed by atoms with Crippen molar-refractivity contribution < 1.29 is 13.2 Å². The summed E-state index contributed by atoms with van der Waals surface area (Å²) in [5.74, 6) is 0.0349. The van der Waals surface area contributed by atoms with Gasteiger partial charge in [0.1, 0.15) is 0 Å². The molecule has 6 nitrogen and oxygen atoms in total. The molecule has 2 aromatic carbocycles. The summed E-state index contributed by atoms with van der Waals surface area (Å²) >= 11 is 0. The average Bonchev–Trinajstić information content (AvgIpc) is 3.04. The van der Waals surface area contributed by atoms with Gasteiger partial charge in [0, 0.05) is 25.2 Å². The molecule has 2 aromatic rings. The minimum atomic E-state index is -3.27. The average molecular weight is 424 g/mol. The number of sulfonamides is 1. The maximum absolute atomic E-state index is 13.1. The van der Waals surface area contributed by atoms with Crippen LogP contribution in [0.1, 0.15) is 28.8 Å². The Bertz CT molecular complexity index is 891. The van der Waals surface area contributed by atoms with Crippen LogP contribution in [0.4, 0.5) is 5.69 Å². The van der Waals surface area contributed by atoms with Gasteiger partial charge >= 0.3 is 0 Å². The van der Waals surface area contributed by atoms with E-state index in [0.29, 0.717) is 50.3 Å². The summed E-state index contributed by atoms with van der Waals surface area (Å²) in [6, 6.07) is 16.7. The zero-order valence-corrected chi connectivity index (χ0v) is 17.3. The van der Waals surface area contributed by atoms with E-state index < -0.39 is 10.0 Å². The standard InChI is InChI=1S/C20H25N3O3S.ClH/c21-11-5-12-22(16-17-7-2-1-3-8-17)20(24)18-9-4-10-19(15-18)23-13-6-14-27(23,25)26;/h1-4,7-10,15H,5-6,11-14,16,21H2;1H. The summed E-state index contributed by atoms with van der Waals surface area (Å²) in [5.41, 5.74) is 7.72. The van der Waals surface area contributed by atoms with Crippen LogP contribution < -0.4 is 10.0 Å². The lowest BCUT2D eigenvalue weighted by molar-refractivity contribution is 0.0742. The summed E-state index contributed by atoms with van der Waals surface area (Å²) in [7, 11) is -3.27. The predicted octanol–water partition coefficient (Wildman–Crippen LogP) is 2.64. The van der Waals surface area contributed by atoms with Crippen LogP contribution in [0.2, 0.25) is 0 Å². The quantitative estimate of drug-likeness (QED) is 0.741. The van der Waals surface area contributed by atoms with Crippen molar-refractivity contribution in [2.75, 3.05) is 29.7 Å². The third-order valence-corrected chi connectivity index (χ3v) is 6.49. The van der Waals surface area contributed by atoms with Gasteiger partial charge in [-0.15, -0.1) is 12.4 Å². The number of rotatable bonds is 7. The Kier molecular flexibility index (Phi) is 7.86. The topological polar surface area (TPSA) is 83.7 Å². The molecule has 1 fully saturated rings. The van der Waals surface area contributed by atoms with E-state index in [9.17, 15) is 13.2 Å². The molecule has 0 unspecified atom stereocenters. The highest BCUT2D eigenvalue weighted by molar-refractivity contribution is 7.93. The lowest BCUT2D eigenvalue weighted by atomic mass is 10.1. The molecular formula is C20H26ClN3O3S. The molecule has 1 aliphatic heterocycles. The first-order valence-corrected chi connectivity index (χ1v) is 10.8. The van der Waals surface area contributed by atoms with Crippen molar-refractivity contribution >= 4 is 34.0 Å². The van der Waals surface area contributed by atoms with E-state index >= 15 is 0 Å². The second-order valence-corrected chi connectivity index (χ2v) is 8.66. The number of benzene rings is 2. The molecule has 0 radical (unpaired) electrons. The number of nitrogens with zero attached hydrogens (tertiary/aromatic N) is 2. The molecule has 1 amide bonds. The zero-order chi connectivity index (χ0) is 19.3. The number of halogens is 1. The Morgan fingerprint density at radius 3 is 2.50 bits per heavy atom. The largest absolute Gasteiger partial charge is 0.334 e. The van der Waals surface area contributed by atoms with E-state index in [2.05, 4.69) is 0 Å². The minimum Gasteiger partial charge on any atom is -0.334 e. The lowest BCUT2D eigenvalue weighted by Crippen LogP contribution is -2.33. The summed E-state index contributed by atoms with van der Waals surface area (Å²) in [5, 5.41) is 0. The van der Waals surface area contributed by atoms with Crippen LogP contribution in [-0.4, -0.2) is 44.6 Å². The van der Waals surface area contributed by atoms with Crippen molar-refractivity contribution in [3.05, 3.63) is 65.7 Å². The maximum atomic E-state index is 13.1. The molecule has 0 aromatic heterocycles. The molecule has 0 aliphatic carbocycles. The van der Waals surface area contributed by atoms with Crippen LogP contribution in [0.5, 0.6) is 0 Å². The second kappa shape index (κ2) is 9.91. The van der Waals surface area contributed by atoms with Gasteiger partial charge in [-0.25, -0.2) is 8.42 Å². The van der Waals surface area contributed by atoms with Crippen LogP contribution in [0, 0.1) is 0 Å². The normalized spacial score (nSPS) is 15.1. The third-order valence-electron chi connectivity index (χ3n) is 4.62. The van der Waals surface area contributed by atoms with Crippen LogP contribution in [0.3, 0.4) is 0 Å². The number of nitrogens with two attached hydrogens (primary N) is 1. The van der Waals surface area contributed by atoms with Gasteiger partial charge in [-0.2, -0.15) is 0 Å². The Balaban J connectivity index is 0.00000280. The number of hydrogen-bond donors (Lipinski definition) is 1. The van der Waals surface area contributed by atoms with E-state index in [1.807, 2.05) is 30.3 Å². The number of amides is 1. The predicted molar refractivity (Wildman–Crippen MR) is 114 cm³/mol. The molecule has 1 heterocycles. The molecule has 152 valence electrons. The van der Waals surface area contributed by atoms with Gasteiger partial charge in [0.25, 0.3) is 5.91 Å². The van der Waals surface area contributed by atoms with Crippen molar-refractivity contribution in [2.45, 2.75) is 19.4 Å². The van der Waals surface area contributed by atoms with Crippen molar-refractivity contribution in [3.63, 3.8) is 0 Å². The molecular weight excluding hydrogens is 398 g/mol. The minimum absolute atomic E-state index is 0. The highest BCUT2D eigenvalue weighted by Crippen LogP contribution is 2.25. The van der Waals surface area contributed by atoms with E-state index in [0.717, 1.165) is 5.56 Å². The molecule has 8 heteroatoms. The Morgan fingerprint density at radius 1 is 1.11 bits per heavy atom. The number of carbonyl (C=O) groups excluding carboxylic acids is 1. The van der Waals surface area contributed by atoms with Gasteiger partial charge in [-0.3, -0.25) is 9.10 Å². The maximum Gasteiger partial charge on any atom is 0.254 e. The molecule has 0 atom stereocenters. The molecule has 3 rings (SSSR count). The first-order chi connectivity index (χ1) is 13.0. The second-order valence-electron chi connectivity index (χ2n) is 6.65. The highest BCUT2D eigenvalue weighted by Gasteiger charge is 2.29. The highest BCUT2D eigenvalue weighted by atomic mass is 35.5. The molecule has 2 N–H and O–H groups in total. The molecule has 28 heavy (non-hydrogen) atoms. The van der Waals surface area contributed by atoms with Crippen molar-refractivity contribution in [1.29, 1.82) is 0 Å². The van der Waals surface area contributed by atoms with Gasteiger partial charge in [0.2, 0.25) is 10.0 Å². The first-order valence-electron chi connectivity index (χ1n) is 9.15. The fraction of sp³-hybridized carbons (Fsp3) is 0.350. The van der Waals surface area contributed by atoms with E-state index in [1.54, 1.807) is 29.2 Å². The van der Waals surface area contributed by atoms with E-state index in [-0.39, 0.29) is 24.1 Å². The Hall–Kier alpha value is -2.09. The van der Waals surface area contributed by atoms with Crippen LogP contribution in [0.25, 0.3) is 0 Å². The van der Waals surface area contributed by atoms with Gasteiger partial charge in [0.15, 0.2) is 0 Å². The zero-order valence-electron chi connectivity index (χ0n) is 15.7. The van der Waals surface area contributed by atoms with Crippen molar-refractivity contribution in [2.24, 2.45) is 5.73 Å². The fourth-order valence-corrected chi connectivity index (χ4v) is 4.80. The van der Waals surface area contributed by atoms with Gasteiger partial charge in [-0.05, 0) is 43.1 Å². The Morgan fingerprint density at radius 2 is 1.86 bits per heavy atom. The van der Waals surface area contributed by atoms with Crippen LogP contribution in [-0.2, 0) is 16.6 Å².